The average molecular weight is 259 g/mol. The molecule has 0 bridgehead atoms. The van der Waals surface area contributed by atoms with E-state index in [2.05, 4.69) is 4.90 Å². The lowest BCUT2D eigenvalue weighted by Gasteiger charge is -2.42. The Bertz CT molecular complexity index is 442. The summed E-state index contributed by atoms with van der Waals surface area (Å²) in [6.45, 7) is 3.42. The van der Waals surface area contributed by atoms with E-state index in [9.17, 15) is 4.79 Å². The molecule has 0 unspecified atom stereocenters. The van der Waals surface area contributed by atoms with Crippen LogP contribution in [0.15, 0.2) is 24.3 Å². The Morgan fingerprint density at radius 1 is 1.11 bits per heavy atom. The fraction of sp³-hybridized carbons (Fsp3) is 0.562. The normalized spacial score (nSPS) is 21.5. The second-order valence-electron chi connectivity index (χ2n) is 6.00. The van der Waals surface area contributed by atoms with Crippen molar-refractivity contribution in [3.63, 3.8) is 0 Å². The van der Waals surface area contributed by atoms with Crippen LogP contribution >= 0.6 is 0 Å². The molecule has 1 heterocycles. The molecule has 3 heteroatoms. The number of carboxylic acid groups (broad SMARTS) is 1. The molecule has 1 aliphatic heterocycles. The molecule has 0 atom stereocenters. The van der Waals surface area contributed by atoms with Crippen molar-refractivity contribution in [2.24, 2.45) is 11.8 Å². The van der Waals surface area contributed by atoms with Gasteiger partial charge in [0, 0.05) is 19.6 Å². The van der Waals surface area contributed by atoms with Gasteiger partial charge in [-0.05, 0) is 29.5 Å². The zero-order chi connectivity index (χ0) is 13.2. The van der Waals surface area contributed by atoms with Crippen molar-refractivity contribution in [1.82, 2.24) is 4.90 Å². The molecule has 1 saturated heterocycles. The maximum atomic E-state index is 10.8. The zero-order valence-corrected chi connectivity index (χ0v) is 11.2. The van der Waals surface area contributed by atoms with Crippen molar-refractivity contribution in [2.75, 3.05) is 13.1 Å². The highest BCUT2D eigenvalue weighted by atomic mass is 16.4. The fourth-order valence-corrected chi connectivity index (χ4v) is 3.48. The number of carbonyl (C=O) groups is 1. The van der Waals surface area contributed by atoms with Crippen LogP contribution in [0.25, 0.3) is 0 Å². The molecule has 1 N–H and O–H groups in total. The first-order valence-corrected chi connectivity index (χ1v) is 7.27. The molecule has 102 valence electrons. The van der Waals surface area contributed by atoms with Crippen molar-refractivity contribution in [3.05, 3.63) is 35.4 Å². The van der Waals surface area contributed by atoms with Gasteiger partial charge >= 0.3 is 5.97 Å². The van der Waals surface area contributed by atoms with E-state index in [4.69, 9.17) is 5.11 Å². The highest BCUT2D eigenvalue weighted by Gasteiger charge is 2.34. The van der Waals surface area contributed by atoms with Gasteiger partial charge in [-0.1, -0.05) is 37.8 Å². The van der Waals surface area contributed by atoms with Crippen molar-refractivity contribution in [1.29, 1.82) is 0 Å². The van der Waals surface area contributed by atoms with Gasteiger partial charge in [-0.2, -0.15) is 0 Å². The highest BCUT2D eigenvalue weighted by Crippen LogP contribution is 2.36. The van der Waals surface area contributed by atoms with Crippen LogP contribution in [0.1, 0.15) is 41.6 Å². The Kier molecular flexibility index (Phi) is 3.56. The lowest BCUT2D eigenvalue weighted by molar-refractivity contribution is 0.0522. The summed E-state index contributed by atoms with van der Waals surface area (Å²) < 4.78 is 0. The smallest absolute Gasteiger partial charge is 0.335 e. The molecule has 3 nitrogen and oxygen atoms in total. The third-order valence-corrected chi connectivity index (χ3v) is 4.66. The first-order valence-electron chi connectivity index (χ1n) is 7.27. The molecule has 3 rings (SSSR count). The molecule has 1 aromatic carbocycles. The third-order valence-electron chi connectivity index (χ3n) is 4.66. The summed E-state index contributed by atoms with van der Waals surface area (Å²) in [5.41, 5.74) is 1.59. The number of carboxylic acids is 1. The fourth-order valence-electron chi connectivity index (χ4n) is 3.48. The molecule has 1 saturated carbocycles. The van der Waals surface area contributed by atoms with Crippen LogP contribution in [0.4, 0.5) is 0 Å². The van der Waals surface area contributed by atoms with E-state index in [1.54, 1.807) is 12.1 Å². The number of likely N-dealkylation sites (tertiary alicyclic amines) is 1. The number of aromatic carboxylic acids is 1. The largest absolute Gasteiger partial charge is 0.478 e. The lowest BCUT2D eigenvalue weighted by atomic mass is 9.84. The van der Waals surface area contributed by atoms with Gasteiger partial charge < -0.3 is 5.11 Å². The van der Waals surface area contributed by atoms with E-state index >= 15 is 0 Å². The van der Waals surface area contributed by atoms with Crippen molar-refractivity contribution in [3.8, 4) is 0 Å². The molecule has 2 fully saturated rings. The molecule has 1 aromatic rings. The van der Waals surface area contributed by atoms with Crippen LogP contribution in [0, 0.1) is 11.8 Å². The summed E-state index contributed by atoms with van der Waals surface area (Å²) in [6.07, 6.45) is 5.73. The van der Waals surface area contributed by atoms with Gasteiger partial charge in [0.25, 0.3) is 0 Å². The SMILES string of the molecule is O=C(O)c1ccc(CN2CC(C3CCCC3)C2)cc1. The Hall–Kier alpha value is -1.35. The van der Waals surface area contributed by atoms with Crippen LogP contribution in [0.3, 0.4) is 0 Å². The summed E-state index contributed by atoms with van der Waals surface area (Å²) in [7, 11) is 0. The monoisotopic (exact) mass is 259 g/mol. The van der Waals surface area contributed by atoms with Crippen LogP contribution in [0.2, 0.25) is 0 Å². The number of hydrogen-bond acceptors (Lipinski definition) is 2. The van der Waals surface area contributed by atoms with Crippen LogP contribution in [-0.2, 0) is 6.54 Å². The maximum Gasteiger partial charge on any atom is 0.335 e. The quantitative estimate of drug-likeness (QED) is 0.903. The minimum Gasteiger partial charge on any atom is -0.478 e. The molecule has 0 radical (unpaired) electrons. The summed E-state index contributed by atoms with van der Waals surface area (Å²) in [5, 5.41) is 8.86. The van der Waals surface area contributed by atoms with Gasteiger partial charge in [-0.25, -0.2) is 4.79 Å². The van der Waals surface area contributed by atoms with E-state index in [0.717, 1.165) is 18.4 Å². The Labute approximate surface area is 114 Å². The van der Waals surface area contributed by atoms with Crippen LogP contribution in [0.5, 0.6) is 0 Å². The Morgan fingerprint density at radius 2 is 1.74 bits per heavy atom. The molecule has 0 spiro atoms. The van der Waals surface area contributed by atoms with Crippen LogP contribution < -0.4 is 0 Å². The second-order valence-corrected chi connectivity index (χ2v) is 6.00. The molecular formula is C16H21NO2. The van der Waals surface area contributed by atoms with Crippen molar-refractivity contribution in [2.45, 2.75) is 32.2 Å². The summed E-state index contributed by atoms with van der Waals surface area (Å²) >= 11 is 0. The van der Waals surface area contributed by atoms with E-state index < -0.39 is 5.97 Å². The molecule has 19 heavy (non-hydrogen) atoms. The second kappa shape index (κ2) is 5.33. The first-order chi connectivity index (χ1) is 9.22. The average Bonchev–Trinajstić information content (AvgIpc) is 2.87. The summed E-state index contributed by atoms with van der Waals surface area (Å²) in [6, 6.07) is 7.27. The van der Waals surface area contributed by atoms with Crippen LogP contribution in [-0.4, -0.2) is 29.1 Å². The zero-order valence-electron chi connectivity index (χ0n) is 11.2. The van der Waals surface area contributed by atoms with E-state index in [1.165, 1.54) is 44.3 Å². The van der Waals surface area contributed by atoms with Crippen molar-refractivity contribution >= 4 is 5.97 Å². The molecule has 0 aromatic heterocycles. The van der Waals surface area contributed by atoms with Gasteiger partial charge in [0.05, 0.1) is 5.56 Å². The number of nitrogens with zero attached hydrogens (tertiary/aromatic N) is 1. The molecule has 1 aliphatic carbocycles. The van der Waals surface area contributed by atoms with Gasteiger partial charge in [0.2, 0.25) is 0 Å². The Balaban J connectivity index is 1.49. The highest BCUT2D eigenvalue weighted by molar-refractivity contribution is 5.87. The first kappa shape index (κ1) is 12.7. The molecule has 2 aliphatic rings. The number of rotatable bonds is 4. The van der Waals surface area contributed by atoms with Gasteiger partial charge in [0.15, 0.2) is 0 Å². The lowest BCUT2D eigenvalue weighted by Crippen LogP contribution is -2.48. The minimum absolute atomic E-state index is 0.371. The van der Waals surface area contributed by atoms with Crippen molar-refractivity contribution < 1.29 is 9.90 Å². The van der Waals surface area contributed by atoms with Gasteiger partial charge in [-0.3, -0.25) is 4.90 Å². The maximum absolute atomic E-state index is 10.8. The third kappa shape index (κ3) is 2.81. The summed E-state index contributed by atoms with van der Waals surface area (Å²) in [5.74, 6) is 1.04. The predicted octanol–water partition coefficient (Wildman–Crippen LogP) is 3.01. The molecule has 0 amide bonds. The Morgan fingerprint density at radius 3 is 2.32 bits per heavy atom. The van der Waals surface area contributed by atoms with Gasteiger partial charge in [-0.15, -0.1) is 0 Å². The minimum atomic E-state index is -0.850. The van der Waals surface area contributed by atoms with E-state index in [1.807, 2.05) is 12.1 Å². The van der Waals surface area contributed by atoms with E-state index in [-0.39, 0.29) is 0 Å². The van der Waals surface area contributed by atoms with E-state index in [0.29, 0.717) is 5.56 Å². The summed E-state index contributed by atoms with van der Waals surface area (Å²) in [4.78, 5) is 13.3. The number of hydrogen-bond donors (Lipinski definition) is 1. The topological polar surface area (TPSA) is 40.5 Å². The molecular weight excluding hydrogens is 238 g/mol. The standard InChI is InChI=1S/C16H21NO2/c18-16(19)14-7-5-12(6-8-14)9-17-10-15(11-17)13-3-1-2-4-13/h5-8,13,15H,1-4,9-11H2,(H,18,19). The predicted molar refractivity (Wildman–Crippen MR) is 74.1 cm³/mol. The number of benzene rings is 1. The van der Waals surface area contributed by atoms with Gasteiger partial charge in [0.1, 0.15) is 0 Å².